The number of thiazole rings is 2. The molecule has 2 aromatic heterocycles. The summed E-state index contributed by atoms with van der Waals surface area (Å²) in [4.78, 5) is 34.1. The summed E-state index contributed by atoms with van der Waals surface area (Å²) in [6, 6.07) is 8.95. The van der Waals surface area contributed by atoms with Crippen LogP contribution in [0.2, 0.25) is 0 Å². The van der Waals surface area contributed by atoms with Gasteiger partial charge in [0, 0.05) is 17.7 Å². The van der Waals surface area contributed by atoms with Crippen molar-refractivity contribution in [2.45, 2.75) is 13.5 Å². The van der Waals surface area contributed by atoms with Crippen LogP contribution in [0.5, 0.6) is 11.5 Å². The Hall–Kier alpha value is -3.24. The molecule has 1 aliphatic heterocycles. The summed E-state index contributed by atoms with van der Waals surface area (Å²) in [5.74, 6) is 0.438. The predicted octanol–water partition coefficient (Wildman–Crippen LogP) is 3.39. The van der Waals surface area contributed by atoms with Gasteiger partial charge in [-0.1, -0.05) is 11.3 Å². The molecule has 0 radical (unpaired) electrons. The van der Waals surface area contributed by atoms with E-state index in [0.29, 0.717) is 35.1 Å². The van der Waals surface area contributed by atoms with E-state index in [1.807, 2.05) is 12.1 Å². The molecule has 0 unspecified atom stereocenters. The summed E-state index contributed by atoms with van der Waals surface area (Å²) in [5.41, 5.74) is 3.77. The van der Waals surface area contributed by atoms with Crippen LogP contribution in [-0.2, 0) is 16.1 Å². The van der Waals surface area contributed by atoms with Gasteiger partial charge in [0.05, 0.1) is 32.6 Å². The lowest BCUT2D eigenvalue weighted by molar-refractivity contribution is -0.143. The number of aromatic nitrogens is 2. The van der Waals surface area contributed by atoms with Gasteiger partial charge in [-0.2, -0.15) is 4.99 Å². The van der Waals surface area contributed by atoms with Crippen LogP contribution in [0.15, 0.2) is 40.8 Å². The highest BCUT2D eigenvalue weighted by molar-refractivity contribution is 7.17. The molecule has 8 nitrogen and oxygen atoms in total. The van der Waals surface area contributed by atoms with Crippen LogP contribution >= 0.6 is 22.7 Å². The molecule has 0 saturated heterocycles. The molecule has 0 aliphatic carbocycles. The summed E-state index contributed by atoms with van der Waals surface area (Å²) < 4.78 is 19.9. The van der Waals surface area contributed by atoms with Gasteiger partial charge in [0.25, 0.3) is 5.91 Å². The largest absolute Gasteiger partial charge is 0.486 e. The molecule has 4 aromatic rings. The van der Waals surface area contributed by atoms with Crippen molar-refractivity contribution in [2.24, 2.45) is 4.99 Å². The Balaban J connectivity index is 1.62. The van der Waals surface area contributed by atoms with Crippen LogP contribution in [0.4, 0.5) is 0 Å². The second-order valence-corrected chi connectivity index (χ2v) is 8.59. The monoisotopic (exact) mass is 455 g/mol. The van der Waals surface area contributed by atoms with E-state index in [9.17, 15) is 9.59 Å². The number of amides is 1. The zero-order valence-electron chi connectivity index (χ0n) is 16.5. The highest BCUT2D eigenvalue weighted by Gasteiger charge is 2.19. The molecular weight excluding hydrogens is 438 g/mol. The Labute approximate surface area is 184 Å². The summed E-state index contributed by atoms with van der Waals surface area (Å²) in [5, 5.41) is 0. The maximum absolute atomic E-state index is 12.9. The molecule has 10 heteroatoms. The average molecular weight is 456 g/mol. The van der Waals surface area contributed by atoms with Crippen molar-refractivity contribution in [3.8, 4) is 11.5 Å². The molecule has 1 aliphatic rings. The molecular formula is C21H17N3O5S2. The van der Waals surface area contributed by atoms with Crippen molar-refractivity contribution >= 4 is 55.0 Å². The van der Waals surface area contributed by atoms with Gasteiger partial charge in [-0.25, -0.2) is 4.98 Å². The van der Waals surface area contributed by atoms with Crippen LogP contribution < -0.4 is 14.3 Å². The lowest BCUT2D eigenvalue weighted by Crippen LogP contribution is -2.23. The number of hydrogen-bond acceptors (Lipinski definition) is 8. The fraction of sp³-hybridized carbons (Fsp3) is 0.238. The van der Waals surface area contributed by atoms with Gasteiger partial charge >= 0.3 is 5.97 Å². The molecule has 0 bridgehead atoms. The minimum absolute atomic E-state index is 0.0620. The fourth-order valence-electron chi connectivity index (χ4n) is 3.32. The van der Waals surface area contributed by atoms with E-state index in [1.165, 1.54) is 22.7 Å². The van der Waals surface area contributed by atoms with Crippen molar-refractivity contribution in [1.82, 2.24) is 9.55 Å². The van der Waals surface area contributed by atoms with Crippen molar-refractivity contribution in [3.05, 3.63) is 46.2 Å². The molecule has 0 spiro atoms. The van der Waals surface area contributed by atoms with Gasteiger partial charge in [-0.15, -0.1) is 11.3 Å². The third kappa shape index (κ3) is 3.79. The third-order valence-corrected chi connectivity index (χ3v) is 6.55. The normalized spacial score (nSPS) is 13.6. The summed E-state index contributed by atoms with van der Waals surface area (Å²) in [7, 11) is 0. The van der Waals surface area contributed by atoms with E-state index in [1.54, 1.807) is 35.2 Å². The second-order valence-electron chi connectivity index (χ2n) is 6.69. The number of carbonyl (C=O) groups excluding carboxylic acids is 2. The molecule has 0 N–H and O–H groups in total. The molecule has 0 fully saturated rings. The number of rotatable bonds is 4. The standard InChI is InChI=1S/C21H17N3O5S2/c1-2-27-19(25)10-24-14-8-15-16(29-6-5-28-15)9-18(14)31-21(24)23-20(26)12-3-4-13-17(7-12)30-11-22-13/h3-4,7-9,11H,2,5-6,10H2,1H3. The quantitative estimate of drug-likeness (QED) is 0.438. The molecule has 158 valence electrons. The van der Waals surface area contributed by atoms with Gasteiger partial charge in [-0.05, 0) is 25.1 Å². The number of ether oxygens (including phenoxy) is 3. The summed E-state index contributed by atoms with van der Waals surface area (Å²) in [6.45, 7) is 2.89. The number of nitrogens with zero attached hydrogens (tertiary/aromatic N) is 3. The van der Waals surface area contributed by atoms with E-state index < -0.39 is 11.9 Å². The van der Waals surface area contributed by atoms with Gasteiger partial charge in [0.15, 0.2) is 16.3 Å². The lowest BCUT2D eigenvalue weighted by atomic mass is 10.2. The number of esters is 1. The maximum atomic E-state index is 12.9. The predicted molar refractivity (Wildman–Crippen MR) is 117 cm³/mol. The zero-order chi connectivity index (χ0) is 21.4. The first kappa shape index (κ1) is 19.7. The molecule has 3 heterocycles. The van der Waals surface area contributed by atoms with Crippen LogP contribution in [-0.4, -0.2) is 41.2 Å². The number of fused-ring (bicyclic) bond motifs is 3. The topological polar surface area (TPSA) is 92.0 Å². The lowest BCUT2D eigenvalue weighted by Gasteiger charge is -2.18. The summed E-state index contributed by atoms with van der Waals surface area (Å²) in [6.07, 6.45) is 0. The van der Waals surface area contributed by atoms with E-state index in [4.69, 9.17) is 14.2 Å². The number of carbonyl (C=O) groups is 2. The molecule has 31 heavy (non-hydrogen) atoms. The minimum Gasteiger partial charge on any atom is -0.486 e. The molecule has 0 atom stereocenters. The average Bonchev–Trinajstić information content (AvgIpc) is 3.36. The van der Waals surface area contributed by atoms with Crippen LogP contribution in [0.1, 0.15) is 17.3 Å². The highest BCUT2D eigenvalue weighted by Crippen LogP contribution is 2.35. The van der Waals surface area contributed by atoms with Crippen LogP contribution in [0, 0.1) is 0 Å². The Kier molecular flexibility index (Phi) is 5.16. The fourth-order valence-corrected chi connectivity index (χ4v) is 5.07. The second kappa shape index (κ2) is 8.12. The van der Waals surface area contributed by atoms with Crippen molar-refractivity contribution < 1.29 is 23.8 Å². The Morgan fingerprint density at radius 1 is 1.16 bits per heavy atom. The maximum Gasteiger partial charge on any atom is 0.326 e. The molecule has 1 amide bonds. The minimum atomic E-state index is -0.405. The molecule has 2 aromatic carbocycles. The number of benzene rings is 2. The smallest absolute Gasteiger partial charge is 0.326 e. The number of hydrogen-bond donors (Lipinski definition) is 0. The first-order valence-electron chi connectivity index (χ1n) is 9.63. The molecule has 5 rings (SSSR count). The zero-order valence-corrected chi connectivity index (χ0v) is 18.1. The van der Waals surface area contributed by atoms with Crippen molar-refractivity contribution in [2.75, 3.05) is 19.8 Å². The van der Waals surface area contributed by atoms with Crippen LogP contribution in [0.3, 0.4) is 0 Å². The Morgan fingerprint density at radius 3 is 2.77 bits per heavy atom. The van der Waals surface area contributed by atoms with Gasteiger partial charge in [0.1, 0.15) is 19.8 Å². The highest BCUT2D eigenvalue weighted by atomic mass is 32.1. The van der Waals surface area contributed by atoms with E-state index in [0.717, 1.165) is 20.4 Å². The van der Waals surface area contributed by atoms with Crippen molar-refractivity contribution in [1.29, 1.82) is 0 Å². The van der Waals surface area contributed by atoms with Crippen LogP contribution in [0.25, 0.3) is 20.4 Å². The van der Waals surface area contributed by atoms with E-state index >= 15 is 0 Å². The van der Waals surface area contributed by atoms with Gasteiger partial charge < -0.3 is 18.8 Å². The Morgan fingerprint density at radius 2 is 1.97 bits per heavy atom. The summed E-state index contributed by atoms with van der Waals surface area (Å²) >= 11 is 2.77. The van der Waals surface area contributed by atoms with E-state index in [2.05, 4.69) is 9.98 Å². The third-order valence-electron chi connectivity index (χ3n) is 4.71. The van der Waals surface area contributed by atoms with E-state index in [-0.39, 0.29) is 13.2 Å². The van der Waals surface area contributed by atoms with Gasteiger partial charge in [0.2, 0.25) is 0 Å². The van der Waals surface area contributed by atoms with Gasteiger partial charge in [-0.3, -0.25) is 9.59 Å². The Bertz CT molecular complexity index is 1380. The SMILES string of the molecule is CCOC(=O)Cn1c(=NC(=O)c2ccc3ncsc3c2)sc2cc3c(cc21)OCCO3. The molecule has 0 saturated carbocycles. The van der Waals surface area contributed by atoms with Crippen molar-refractivity contribution in [3.63, 3.8) is 0 Å². The first-order chi connectivity index (χ1) is 15.1. The first-order valence-corrected chi connectivity index (χ1v) is 11.3.